The molecule has 3 aromatic rings. The van der Waals surface area contributed by atoms with Crippen LogP contribution in [0.4, 0.5) is 4.39 Å². The maximum absolute atomic E-state index is 13.3. The molecular weight excluding hydrogens is 437 g/mol. The number of fused-ring (bicyclic) bond motifs is 1. The number of furan rings is 1. The standard InChI is InChI=1S/C27H24FNO5/c1-15-3-9-22(33-15)24-23(25(30)18-6-10-21-19(14-18)13-16(2)34-21)26(31)27(32)29(24)12-11-17-4-7-20(28)8-5-17/h3-10,14,16,24,30H,11-13H2,1-2H3/b25-23-. The number of rotatable bonds is 5. The van der Waals surface area contributed by atoms with E-state index < -0.39 is 17.7 Å². The third-order valence-electron chi connectivity index (χ3n) is 6.29. The topological polar surface area (TPSA) is 80.0 Å². The van der Waals surface area contributed by atoms with Crippen LogP contribution in [0.2, 0.25) is 0 Å². The van der Waals surface area contributed by atoms with Crippen molar-refractivity contribution in [2.45, 2.75) is 38.8 Å². The average Bonchev–Trinajstić information content (AvgIpc) is 3.48. The monoisotopic (exact) mass is 461 g/mol. The number of nitrogens with zero attached hydrogens (tertiary/aromatic N) is 1. The van der Waals surface area contributed by atoms with Gasteiger partial charge in [-0.2, -0.15) is 0 Å². The van der Waals surface area contributed by atoms with Crippen LogP contribution in [0.25, 0.3) is 5.76 Å². The van der Waals surface area contributed by atoms with Gasteiger partial charge in [-0.3, -0.25) is 9.59 Å². The Morgan fingerprint density at radius 3 is 2.59 bits per heavy atom. The lowest BCUT2D eigenvalue weighted by Crippen LogP contribution is -2.31. The fourth-order valence-electron chi connectivity index (χ4n) is 4.63. The quantitative estimate of drug-likeness (QED) is 0.338. The Kier molecular flexibility index (Phi) is 5.48. The number of amides is 1. The molecule has 2 unspecified atom stereocenters. The van der Waals surface area contributed by atoms with Crippen LogP contribution in [0, 0.1) is 12.7 Å². The number of aliphatic hydroxyl groups excluding tert-OH is 1. The lowest BCUT2D eigenvalue weighted by atomic mass is 9.97. The van der Waals surface area contributed by atoms with E-state index in [1.165, 1.54) is 17.0 Å². The molecule has 2 atom stereocenters. The van der Waals surface area contributed by atoms with Gasteiger partial charge in [-0.25, -0.2) is 4.39 Å². The highest BCUT2D eigenvalue weighted by Gasteiger charge is 2.47. The molecule has 0 aliphatic carbocycles. The van der Waals surface area contributed by atoms with Crippen LogP contribution in [0.3, 0.4) is 0 Å². The normalized spacial score (nSPS) is 21.1. The van der Waals surface area contributed by atoms with Gasteiger partial charge >= 0.3 is 0 Å². The lowest BCUT2D eigenvalue weighted by Gasteiger charge is -2.23. The zero-order chi connectivity index (χ0) is 24.0. The van der Waals surface area contributed by atoms with Gasteiger partial charge in [0.05, 0.1) is 5.57 Å². The summed E-state index contributed by atoms with van der Waals surface area (Å²) in [5, 5.41) is 11.2. The van der Waals surface area contributed by atoms with Crippen molar-refractivity contribution in [1.82, 2.24) is 4.90 Å². The Hall–Kier alpha value is -3.87. The molecule has 0 bridgehead atoms. The van der Waals surface area contributed by atoms with Gasteiger partial charge in [0.1, 0.15) is 41.0 Å². The van der Waals surface area contributed by atoms with E-state index in [1.54, 1.807) is 49.4 Å². The molecule has 1 aromatic heterocycles. The molecule has 5 rings (SSSR count). The van der Waals surface area contributed by atoms with Crippen LogP contribution >= 0.6 is 0 Å². The number of aliphatic hydroxyl groups is 1. The van der Waals surface area contributed by atoms with Crippen molar-refractivity contribution in [3.63, 3.8) is 0 Å². The minimum absolute atomic E-state index is 0.00892. The Morgan fingerprint density at radius 1 is 1.12 bits per heavy atom. The van der Waals surface area contributed by atoms with Crippen LogP contribution in [0.5, 0.6) is 5.75 Å². The van der Waals surface area contributed by atoms with Crippen LogP contribution < -0.4 is 4.74 Å². The minimum atomic E-state index is -0.863. The molecule has 174 valence electrons. The van der Waals surface area contributed by atoms with E-state index in [9.17, 15) is 19.1 Å². The Bertz CT molecular complexity index is 1310. The molecule has 0 spiro atoms. The Morgan fingerprint density at radius 2 is 1.88 bits per heavy atom. The molecule has 0 saturated carbocycles. The molecular formula is C27H24FNO5. The fourth-order valence-corrected chi connectivity index (χ4v) is 4.63. The van der Waals surface area contributed by atoms with E-state index in [0.717, 1.165) is 16.9 Å². The molecule has 6 nitrogen and oxygen atoms in total. The molecule has 1 saturated heterocycles. The summed E-state index contributed by atoms with van der Waals surface area (Å²) in [5.41, 5.74) is 2.20. The first-order chi connectivity index (χ1) is 16.3. The second-order valence-electron chi connectivity index (χ2n) is 8.77. The van der Waals surface area contributed by atoms with Crippen molar-refractivity contribution in [3.05, 3.63) is 94.2 Å². The average molecular weight is 461 g/mol. The summed E-state index contributed by atoms with van der Waals surface area (Å²) < 4.78 is 24.8. The highest BCUT2D eigenvalue weighted by Crippen LogP contribution is 2.41. The second kappa shape index (κ2) is 8.48. The van der Waals surface area contributed by atoms with Gasteiger partial charge in [0, 0.05) is 18.5 Å². The molecule has 1 amide bonds. The predicted octanol–water partition coefficient (Wildman–Crippen LogP) is 4.71. The summed E-state index contributed by atoms with van der Waals surface area (Å²) in [6.45, 7) is 3.94. The van der Waals surface area contributed by atoms with E-state index in [1.807, 2.05) is 6.92 Å². The van der Waals surface area contributed by atoms with Crippen LogP contribution in [0.15, 0.2) is 64.6 Å². The summed E-state index contributed by atoms with van der Waals surface area (Å²) in [4.78, 5) is 27.6. The number of ether oxygens (including phenoxy) is 1. The third-order valence-corrected chi connectivity index (χ3v) is 6.29. The van der Waals surface area contributed by atoms with E-state index in [4.69, 9.17) is 9.15 Å². The van der Waals surface area contributed by atoms with Gasteiger partial charge in [-0.15, -0.1) is 0 Å². The van der Waals surface area contributed by atoms with E-state index in [0.29, 0.717) is 29.9 Å². The number of carbonyl (C=O) groups is 2. The minimum Gasteiger partial charge on any atom is -0.507 e. The number of carbonyl (C=O) groups excluding carboxylic acids is 2. The first-order valence-corrected chi connectivity index (χ1v) is 11.2. The van der Waals surface area contributed by atoms with E-state index in [2.05, 4.69) is 0 Å². The van der Waals surface area contributed by atoms with Crippen molar-refractivity contribution in [2.24, 2.45) is 0 Å². The van der Waals surface area contributed by atoms with Gasteiger partial charge in [-0.05, 0) is 73.9 Å². The smallest absolute Gasteiger partial charge is 0.295 e. The highest BCUT2D eigenvalue weighted by atomic mass is 19.1. The maximum Gasteiger partial charge on any atom is 0.295 e. The number of likely N-dealkylation sites (tertiary alicyclic amines) is 1. The van der Waals surface area contributed by atoms with Crippen molar-refractivity contribution >= 4 is 17.4 Å². The fraction of sp³-hybridized carbons (Fsp3) is 0.259. The zero-order valence-corrected chi connectivity index (χ0v) is 18.9. The van der Waals surface area contributed by atoms with Crippen LogP contribution in [-0.4, -0.2) is 34.3 Å². The number of hydrogen-bond donors (Lipinski definition) is 1. The van der Waals surface area contributed by atoms with Crippen molar-refractivity contribution in [3.8, 4) is 5.75 Å². The first kappa shape index (κ1) is 21.9. The largest absolute Gasteiger partial charge is 0.507 e. The second-order valence-corrected chi connectivity index (χ2v) is 8.77. The maximum atomic E-state index is 13.3. The predicted molar refractivity (Wildman–Crippen MR) is 123 cm³/mol. The molecule has 2 aromatic carbocycles. The molecule has 2 aliphatic heterocycles. The number of halogens is 1. The summed E-state index contributed by atoms with van der Waals surface area (Å²) in [7, 11) is 0. The number of aryl methyl sites for hydroxylation is 1. The van der Waals surface area contributed by atoms with Crippen molar-refractivity contribution < 1.29 is 28.2 Å². The Balaban J connectivity index is 1.54. The van der Waals surface area contributed by atoms with Crippen molar-refractivity contribution in [2.75, 3.05) is 6.54 Å². The third kappa shape index (κ3) is 3.87. The summed E-state index contributed by atoms with van der Waals surface area (Å²) in [6, 6.07) is 13.9. The molecule has 1 N–H and O–H groups in total. The van der Waals surface area contributed by atoms with Crippen LogP contribution in [0.1, 0.15) is 41.2 Å². The Labute approximate surface area is 196 Å². The molecule has 0 radical (unpaired) electrons. The van der Waals surface area contributed by atoms with Crippen molar-refractivity contribution in [1.29, 1.82) is 0 Å². The molecule has 3 heterocycles. The zero-order valence-electron chi connectivity index (χ0n) is 18.9. The van der Waals surface area contributed by atoms with Gasteiger partial charge in [-0.1, -0.05) is 12.1 Å². The van der Waals surface area contributed by atoms with Gasteiger partial charge < -0.3 is 19.2 Å². The summed E-state index contributed by atoms with van der Waals surface area (Å²) >= 11 is 0. The number of ketones is 1. The molecule has 7 heteroatoms. The van der Waals surface area contributed by atoms with Gasteiger partial charge in [0.25, 0.3) is 11.7 Å². The van der Waals surface area contributed by atoms with Gasteiger partial charge in [0.2, 0.25) is 0 Å². The first-order valence-electron chi connectivity index (χ1n) is 11.2. The van der Waals surface area contributed by atoms with E-state index in [-0.39, 0.29) is 29.8 Å². The number of Topliss-reactive ketones (excluding diaryl/α,β-unsaturated/α-hetero) is 1. The lowest BCUT2D eigenvalue weighted by molar-refractivity contribution is -0.140. The van der Waals surface area contributed by atoms with E-state index >= 15 is 0 Å². The molecule has 2 aliphatic rings. The van der Waals surface area contributed by atoms with Gasteiger partial charge in [0.15, 0.2) is 0 Å². The number of hydrogen-bond acceptors (Lipinski definition) is 5. The summed E-state index contributed by atoms with van der Waals surface area (Å²) in [6.07, 6.45) is 1.15. The number of benzene rings is 2. The highest BCUT2D eigenvalue weighted by molar-refractivity contribution is 6.46. The summed E-state index contributed by atoms with van der Waals surface area (Å²) in [5.74, 6) is -0.282. The molecule has 34 heavy (non-hydrogen) atoms. The SMILES string of the molecule is Cc1ccc(C2/C(=C(/O)c3ccc4c(c3)CC(C)O4)C(=O)C(=O)N2CCc2ccc(F)cc2)o1. The molecule has 1 fully saturated rings. The van der Waals surface area contributed by atoms with Crippen LogP contribution in [-0.2, 0) is 22.4 Å².